The lowest BCUT2D eigenvalue weighted by Gasteiger charge is -2.20. The van der Waals surface area contributed by atoms with Crippen molar-refractivity contribution in [2.24, 2.45) is 0 Å². The highest BCUT2D eigenvalue weighted by Crippen LogP contribution is 2.18. The summed E-state index contributed by atoms with van der Waals surface area (Å²) in [6, 6.07) is 2.29. The van der Waals surface area contributed by atoms with Gasteiger partial charge in [-0.3, -0.25) is 0 Å². The van der Waals surface area contributed by atoms with Crippen LogP contribution in [0.5, 0.6) is 0 Å². The molecule has 0 atom stereocenters. The molecule has 1 saturated carbocycles. The molecule has 0 unspecified atom stereocenters. The number of hydrogen-bond donors (Lipinski definition) is 1. The zero-order valence-electron chi connectivity index (χ0n) is 10.5. The molecule has 0 spiro atoms. The summed E-state index contributed by atoms with van der Waals surface area (Å²) >= 11 is 0. The molecular weight excluding hydrogens is 216 g/mol. The van der Waals surface area contributed by atoms with Gasteiger partial charge in [-0.05, 0) is 25.8 Å². The fraction of sp³-hybridized carbons (Fsp3) is 0.615. The summed E-state index contributed by atoms with van der Waals surface area (Å²) in [6.45, 7) is 2.51. The molecule has 17 heavy (non-hydrogen) atoms. The average Bonchev–Trinajstić information content (AvgIpc) is 2.91. The highest BCUT2D eigenvalue weighted by molar-refractivity contribution is 5.74. The molecule has 1 aromatic heterocycles. The van der Waals surface area contributed by atoms with Crippen LogP contribution in [0, 0.1) is 6.92 Å². The number of carbonyl (C=O) groups is 1. The number of urea groups is 1. The van der Waals surface area contributed by atoms with Gasteiger partial charge in [0.2, 0.25) is 0 Å². The molecule has 1 N–H and O–H groups in total. The van der Waals surface area contributed by atoms with Crippen LogP contribution >= 0.6 is 0 Å². The van der Waals surface area contributed by atoms with Crippen LogP contribution in [0.15, 0.2) is 16.7 Å². The van der Waals surface area contributed by atoms with E-state index in [4.69, 9.17) is 4.42 Å². The number of rotatable bonds is 3. The number of carbonyl (C=O) groups excluding carboxylic acids is 1. The Labute approximate surface area is 102 Å². The second-order valence-electron chi connectivity index (χ2n) is 4.79. The van der Waals surface area contributed by atoms with Gasteiger partial charge < -0.3 is 14.6 Å². The molecule has 0 aliphatic heterocycles. The fourth-order valence-electron chi connectivity index (χ4n) is 2.26. The van der Waals surface area contributed by atoms with Crippen LogP contribution in [0.3, 0.4) is 0 Å². The minimum atomic E-state index is 0.0116. The normalized spacial score (nSPS) is 16.1. The van der Waals surface area contributed by atoms with Gasteiger partial charge in [-0.15, -0.1) is 0 Å². The average molecular weight is 236 g/mol. The second-order valence-corrected chi connectivity index (χ2v) is 4.79. The molecule has 1 fully saturated rings. The van der Waals surface area contributed by atoms with E-state index in [-0.39, 0.29) is 6.03 Å². The first-order valence-corrected chi connectivity index (χ1v) is 6.21. The summed E-state index contributed by atoms with van der Waals surface area (Å²) in [5, 5.41) is 3.07. The Hall–Kier alpha value is -1.45. The Morgan fingerprint density at radius 3 is 2.82 bits per heavy atom. The van der Waals surface area contributed by atoms with Crippen molar-refractivity contribution in [1.82, 2.24) is 10.2 Å². The van der Waals surface area contributed by atoms with Crippen LogP contribution in [0.25, 0.3) is 0 Å². The number of hydrogen-bond acceptors (Lipinski definition) is 2. The van der Waals surface area contributed by atoms with Gasteiger partial charge in [-0.2, -0.15) is 0 Å². The Morgan fingerprint density at radius 2 is 2.24 bits per heavy atom. The zero-order chi connectivity index (χ0) is 12.3. The predicted octanol–water partition coefficient (Wildman–Crippen LogP) is 2.67. The van der Waals surface area contributed by atoms with Crippen LogP contribution in [0.1, 0.15) is 37.0 Å². The lowest BCUT2D eigenvalue weighted by Crippen LogP contribution is -2.41. The number of aryl methyl sites for hydroxylation is 1. The topological polar surface area (TPSA) is 45.5 Å². The molecule has 1 aliphatic rings. The number of nitrogens with one attached hydrogen (secondary N) is 1. The lowest BCUT2D eigenvalue weighted by molar-refractivity contribution is 0.202. The molecule has 0 aromatic carbocycles. The van der Waals surface area contributed by atoms with E-state index in [1.807, 2.05) is 20.0 Å². The molecule has 2 amide bonds. The van der Waals surface area contributed by atoms with E-state index in [9.17, 15) is 4.79 Å². The highest BCUT2D eigenvalue weighted by atomic mass is 16.3. The van der Waals surface area contributed by atoms with Crippen LogP contribution in [0.4, 0.5) is 4.79 Å². The molecule has 1 aliphatic carbocycles. The van der Waals surface area contributed by atoms with Gasteiger partial charge in [0, 0.05) is 18.7 Å². The molecular formula is C13H20N2O2. The van der Waals surface area contributed by atoms with E-state index in [0.29, 0.717) is 12.6 Å². The molecule has 4 nitrogen and oxygen atoms in total. The molecule has 94 valence electrons. The fourth-order valence-corrected chi connectivity index (χ4v) is 2.26. The van der Waals surface area contributed by atoms with Crippen molar-refractivity contribution in [3.8, 4) is 0 Å². The first-order valence-electron chi connectivity index (χ1n) is 6.21. The van der Waals surface area contributed by atoms with Gasteiger partial charge in [0.15, 0.2) is 0 Å². The molecule has 0 saturated heterocycles. The van der Waals surface area contributed by atoms with E-state index in [2.05, 4.69) is 5.32 Å². The summed E-state index contributed by atoms with van der Waals surface area (Å²) in [4.78, 5) is 13.6. The first kappa shape index (κ1) is 12.0. The van der Waals surface area contributed by atoms with Gasteiger partial charge in [-0.25, -0.2) is 4.79 Å². The van der Waals surface area contributed by atoms with Crippen LogP contribution < -0.4 is 5.32 Å². The first-order chi connectivity index (χ1) is 8.16. The standard InChI is InChI=1S/C13H20N2O2/c1-10-11(7-8-17-10)9-15(2)13(16)14-12-5-3-4-6-12/h7-8,12H,3-6,9H2,1-2H3,(H,14,16). The SMILES string of the molecule is Cc1occc1CN(C)C(=O)NC1CCCC1. The molecule has 1 heterocycles. The van der Waals surface area contributed by atoms with Crippen molar-refractivity contribution in [2.45, 2.75) is 45.2 Å². The Kier molecular flexibility index (Phi) is 3.71. The van der Waals surface area contributed by atoms with Crippen LogP contribution in [-0.2, 0) is 6.54 Å². The van der Waals surface area contributed by atoms with E-state index in [1.165, 1.54) is 12.8 Å². The summed E-state index contributed by atoms with van der Waals surface area (Å²) in [5.41, 5.74) is 1.06. The van der Waals surface area contributed by atoms with Gasteiger partial charge >= 0.3 is 6.03 Å². The van der Waals surface area contributed by atoms with E-state index < -0.39 is 0 Å². The third-order valence-electron chi connectivity index (χ3n) is 3.40. The zero-order valence-corrected chi connectivity index (χ0v) is 10.5. The summed E-state index contributed by atoms with van der Waals surface area (Å²) < 4.78 is 5.22. The number of amides is 2. The molecule has 0 radical (unpaired) electrons. The van der Waals surface area contributed by atoms with Gasteiger partial charge in [0.25, 0.3) is 0 Å². The Bertz CT molecular complexity index is 381. The van der Waals surface area contributed by atoms with Crippen molar-refractivity contribution in [1.29, 1.82) is 0 Å². The van der Waals surface area contributed by atoms with Crippen molar-refractivity contribution >= 4 is 6.03 Å². The minimum Gasteiger partial charge on any atom is -0.469 e. The second kappa shape index (κ2) is 5.25. The Balaban J connectivity index is 1.84. The third-order valence-corrected chi connectivity index (χ3v) is 3.40. The van der Waals surface area contributed by atoms with Gasteiger partial charge in [0.1, 0.15) is 5.76 Å². The van der Waals surface area contributed by atoms with Crippen LogP contribution in [0.2, 0.25) is 0 Å². The maximum atomic E-state index is 11.9. The monoisotopic (exact) mass is 236 g/mol. The molecule has 1 aromatic rings. The van der Waals surface area contributed by atoms with E-state index in [1.54, 1.807) is 11.2 Å². The minimum absolute atomic E-state index is 0.0116. The summed E-state index contributed by atoms with van der Waals surface area (Å²) in [7, 11) is 1.82. The maximum Gasteiger partial charge on any atom is 0.317 e. The quantitative estimate of drug-likeness (QED) is 0.877. The Morgan fingerprint density at radius 1 is 1.53 bits per heavy atom. The molecule has 2 rings (SSSR count). The van der Waals surface area contributed by atoms with Crippen LogP contribution in [-0.4, -0.2) is 24.0 Å². The highest BCUT2D eigenvalue weighted by Gasteiger charge is 2.19. The summed E-state index contributed by atoms with van der Waals surface area (Å²) in [6.07, 6.45) is 6.35. The largest absolute Gasteiger partial charge is 0.469 e. The third kappa shape index (κ3) is 3.02. The maximum absolute atomic E-state index is 11.9. The number of furan rings is 1. The van der Waals surface area contributed by atoms with Crippen molar-refractivity contribution in [2.75, 3.05) is 7.05 Å². The van der Waals surface area contributed by atoms with Gasteiger partial charge in [-0.1, -0.05) is 12.8 Å². The summed E-state index contributed by atoms with van der Waals surface area (Å²) in [5.74, 6) is 0.880. The van der Waals surface area contributed by atoms with Crippen molar-refractivity contribution < 1.29 is 9.21 Å². The van der Waals surface area contributed by atoms with E-state index in [0.717, 1.165) is 24.2 Å². The lowest BCUT2D eigenvalue weighted by atomic mass is 10.2. The van der Waals surface area contributed by atoms with Gasteiger partial charge in [0.05, 0.1) is 12.8 Å². The predicted molar refractivity (Wildman–Crippen MR) is 65.7 cm³/mol. The smallest absolute Gasteiger partial charge is 0.317 e. The van der Waals surface area contributed by atoms with Crippen molar-refractivity contribution in [3.05, 3.63) is 23.7 Å². The number of nitrogens with zero attached hydrogens (tertiary/aromatic N) is 1. The molecule has 4 heteroatoms. The van der Waals surface area contributed by atoms with E-state index >= 15 is 0 Å². The van der Waals surface area contributed by atoms with Crippen molar-refractivity contribution in [3.63, 3.8) is 0 Å². The molecule has 0 bridgehead atoms.